The van der Waals surface area contributed by atoms with Gasteiger partial charge < -0.3 is 9.84 Å². The Balaban J connectivity index is 2.16. The predicted molar refractivity (Wildman–Crippen MR) is 62.8 cm³/mol. The van der Waals surface area contributed by atoms with Gasteiger partial charge >= 0.3 is 0 Å². The van der Waals surface area contributed by atoms with Crippen molar-refractivity contribution in [1.82, 2.24) is 14.8 Å². The van der Waals surface area contributed by atoms with Gasteiger partial charge in [-0.3, -0.25) is 0 Å². The third kappa shape index (κ3) is 2.95. The first-order valence-electron chi connectivity index (χ1n) is 5.11. The van der Waals surface area contributed by atoms with Gasteiger partial charge in [0.15, 0.2) is 0 Å². The highest BCUT2D eigenvalue weighted by atomic mass is 35.5. The smallest absolute Gasteiger partial charge is 0.218 e. The Morgan fingerprint density at radius 2 is 2.06 bits per heavy atom. The maximum absolute atomic E-state index is 9.66. The van der Waals surface area contributed by atoms with Crippen LogP contribution in [-0.2, 0) is 0 Å². The van der Waals surface area contributed by atoms with E-state index in [1.165, 1.54) is 17.3 Å². The average molecular weight is 254 g/mol. The van der Waals surface area contributed by atoms with E-state index < -0.39 is 12.3 Å². The zero-order valence-corrected chi connectivity index (χ0v) is 9.95. The Hall–Kier alpha value is -1.59. The van der Waals surface area contributed by atoms with E-state index in [-0.39, 0.29) is 0 Å². The summed E-state index contributed by atoms with van der Waals surface area (Å²) in [5, 5.41) is 14.2. The van der Waals surface area contributed by atoms with Crippen LogP contribution in [-0.4, -0.2) is 26.0 Å². The Morgan fingerprint density at radius 3 is 2.59 bits per heavy atom. The van der Waals surface area contributed by atoms with Crippen molar-refractivity contribution in [3.63, 3.8) is 0 Å². The molecule has 2 aromatic rings. The van der Waals surface area contributed by atoms with Crippen molar-refractivity contribution in [3.05, 3.63) is 41.9 Å². The Labute approximate surface area is 104 Å². The van der Waals surface area contributed by atoms with E-state index in [1.54, 1.807) is 31.2 Å². The van der Waals surface area contributed by atoms with Crippen molar-refractivity contribution >= 4 is 11.6 Å². The summed E-state index contributed by atoms with van der Waals surface area (Å²) in [5.74, 6) is 0.607. The van der Waals surface area contributed by atoms with E-state index in [4.69, 9.17) is 16.3 Å². The van der Waals surface area contributed by atoms with Gasteiger partial charge in [-0.1, -0.05) is 11.6 Å². The fraction of sp³-hybridized carbons (Fsp3) is 0.273. The molecular formula is C11H12ClN3O2. The number of aliphatic hydroxyl groups is 1. The van der Waals surface area contributed by atoms with Crippen molar-refractivity contribution in [3.8, 4) is 5.75 Å². The van der Waals surface area contributed by atoms with E-state index in [1.807, 2.05) is 0 Å². The number of halogens is 1. The van der Waals surface area contributed by atoms with Crippen molar-refractivity contribution < 1.29 is 9.84 Å². The molecule has 0 fully saturated rings. The predicted octanol–water partition coefficient (Wildman–Crippen LogP) is 1.89. The maximum Gasteiger partial charge on any atom is 0.218 e. The van der Waals surface area contributed by atoms with Gasteiger partial charge in [-0.05, 0) is 31.2 Å². The standard InChI is InChI=1S/C11H12ClN3O2/c1-8(16)11(15-7-13-6-14-15)17-10-4-2-9(12)3-5-10/h2-8,11,16H,1H3. The summed E-state index contributed by atoms with van der Waals surface area (Å²) >= 11 is 5.78. The molecule has 1 aromatic heterocycles. The van der Waals surface area contributed by atoms with Gasteiger partial charge in [0.2, 0.25) is 6.23 Å². The summed E-state index contributed by atoms with van der Waals surface area (Å²) < 4.78 is 7.08. The Kier molecular flexibility index (Phi) is 3.61. The lowest BCUT2D eigenvalue weighted by molar-refractivity contribution is -0.00685. The lowest BCUT2D eigenvalue weighted by atomic mass is 10.3. The molecule has 0 aliphatic rings. The number of nitrogens with zero attached hydrogens (tertiary/aromatic N) is 3. The SMILES string of the molecule is CC(O)C(Oc1ccc(Cl)cc1)n1cncn1. The third-order valence-corrected chi connectivity index (χ3v) is 2.43. The van der Waals surface area contributed by atoms with Crippen molar-refractivity contribution in [2.45, 2.75) is 19.3 Å². The van der Waals surface area contributed by atoms with Crippen LogP contribution in [0.5, 0.6) is 5.75 Å². The van der Waals surface area contributed by atoms with E-state index >= 15 is 0 Å². The number of benzene rings is 1. The molecule has 1 heterocycles. The summed E-state index contributed by atoms with van der Waals surface area (Å²) in [5.41, 5.74) is 0. The van der Waals surface area contributed by atoms with Crippen LogP contribution in [0.4, 0.5) is 0 Å². The minimum atomic E-state index is -0.715. The maximum atomic E-state index is 9.66. The fourth-order valence-corrected chi connectivity index (χ4v) is 1.50. The van der Waals surface area contributed by atoms with E-state index in [0.717, 1.165) is 0 Å². The van der Waals surface area contributed by atoms with E-state index in [0.29, 0.717) is 10.8 Å². The highest BCUT2D eigenvalue weighted by molar-refractivity contribution is 6.30. The third-order valence-electron chi connectivity index (χ3n) is 2.18. The second-order valence-electron chi connectivity index (χ2n) is 3.58. The normalized spacial score (nSPS) is 14.3. The number of hydrogen-bond donors (Lipinski definition) is 1. The molecule has 0 saturated heterocycles. The first-order valence-corrected chi connectivity index (χ1v) is 5.49. The zero-order chi connectivity index (χ0) is 12.3. The highest BCUT2D eigenvalue weighted by Gasteiger charge is 2.19. The van der Waals surface area contributed by atoms with Crippen molar-refractivity contribution in [1.29, 1.82) is 0 Å². The first kappa shape index (κ1) is 11.9. The van der Waals surface area contributed by atoms with Crippen LogP contribution >= 0.6 is 11.6 Å². The molecule has 1 N–H and O–H groups in total. The van der Waals surface area contributed by atoms with Gasteiger partial charge in [0.05, 0.1) is 0 Å². The molecule has 0 saturated carbocycles. The lowest BCUT2D eigenvalue weighted by Crippen LogP contribution is -2.27. The minimum Gasteiger partial charge on any atom is -0.466 e. The molecule has 0 aliphatic carbocycles. The molecule has 6 heteroatoms. The summed E-state index contributed by atoms with van der Waals surface area (Å²) in [6, 6.07) is 6.90. The van der Waals surface area contributed by atoms with Gasteiger partial charge in [-0.2, -0.15) is 5.10 Å². The van der Waals surface area contributed by atoms with Crippen LogP contribution in [0.2, 0.25) is 5.02 Å². The van der Waals surface area contributed by atoms with Gasteiger partial charge in [0.1, 0.15) is 24.5 Å². The van der Waals surface area contributed by atoms with Gasteiger partial charge in [-0.15, -0.1) is 0 Å². The van der Waals surface area contributed by atoms with E-state index in [9.17, 15) is 5.11 Å². The van der Waals surface area contributed by atoms with Gasteiger partial charge in [0, 0.05) is 5.02 Å². The number of hydrogen-bond acceptors (Lipinski definition) is 4. The molecular weight excluding hydrogens is 242 g/mol. The molecule has 0 bridgehead atoms. The van der Waals surface area contributed by atoms with Crippen LogP contribution in [0, 0.1) is 0 Å². The van der Waals surface area contributed by atoms with Crippen LogP contribution < -0.4 is 4.74 Å². The molecule has 2 atom stereocenters. The summed E-state index contributed by atoms with van der Waals surface area (Å²) in [7, 11) is 0. The van der Waals surface area contributed by atoms with Crippen molar-refractivity contribution in [2.24, 2.45) is 0 Å². The second kappa shape index (κ2) is 5.16. The number of aromatic nitrogens is 3. The minimum absolute atomic E-state index is 0.607. The molecule has 5 nitrogen and oxygen atoms in total. The van der Waals surface area contributed by atoms with Gasteiger partial charge in [-0.25, -0.2) is 9.67 Å². The molecule has 0 spiro atoms. The highest BCUT2D eigenvalue weighted by Crippen LogP contribution is 2.21. The van der Waals surface area contributed by atoms with Crippen molar-refractivity contribution in [2.75, 3.05) is 0 Å². The van der Waals surface area contributed by atoms with Crippen LogP contribution in [0.15, 0.2) is 36.9 Å². The number of aliphatic hydroxyl groups excluding tert-OH is 1. The monoisotopic (exact) mass is 253 g/mol. The Bertz CT molecular complexity index is 456. The topological polar surface area (TPSA) is 60.2 Å². The summed E-state index contributed by atoms with van der Waals surface area (Å²) in [6.45, 7) is 1.63. The lowest BCUT2D eigenvalue weighted by Gasteiger charge is -2.21. The second-order valence-corrected chi connectivity index (χ2v) is 4.01. The molecule has 2 rings (SSSR count). The van der Waals surface area contributed by atoms with Crippen LogP contribution in [0.3, 0.4) is 0 Å². The summed E-state index contributed by atoms with van der Waals surface area (Å²) in [4.78, 5) is 3.82. The fourth-order valence-electron chi connectivity index (χ4n) is 1.37. The van der Waals surface area contributed by atoms with Gasteiger partial charge in [0.25, 0.3) is 0 Å². The average Bonchev–Trinajstić information content (AvgIpc) is 2.81. The molecule has 1 aromatic carbocycles. The molecule has 90 valence electrons. The summed E-state index contributed by atoms with van der Waals surface area (Å²) in [6.07, 6.45) is 1.56. The quantitative estimate of drug-likeness (QED) is 0.904. The zero-order valence-electron chi connectivity index (χ0n) is 9.19. The number of rotatable bonds is 4. The molecule has 2 unspecified atom stereocenters. The largest absolute Gasteiger partial charge is 0.466 e. The molecule has 0 radical (unpaired) electrons. The Morgan fingerprint density at radius 1 is 1.35 bits per heavy atom. The molecule has 0 amide bonds. The number of ether oxygens (including phenoxy) is 1. The molecule has 17 heavy (non-hydrogen) atoms. The molecule has 0 aliphatic heterocycles. The van der Waals surface area contributed by atoms with Crippen LogP contribution in [0.25, 0.3) is 0 Å². The first-order chi connectivity index (χ1) is 8.16. The van der Waals surface area contributed by atoms with E-state index in [2.05, 4.69) is 10.1 Å². The van der Waals surface area contributed by atoms with Crippen LogP contribution in [0.1, 0.15) is 13.2 Å².